The topological polar surface area (TPSA) is 32.3 Å². The standard InChI is InChI=1S/C16H20Cl2N2O/c17-13-2-1-3-14(18)15(13)16(21)20(12-4-5-12)10-11-6-8-19-9-7-11/h1-3,11-12,19H,4-10H2. The highest BCUT2D eigenvalue weighted by Gasteiger charge is 2.36. The van der Waals surface area contributed by atoms with Gasteiger partial charge in [-0.2, -0.15) is 0 Å². The highest BCUT2D eigenvalue weighted by Crippen LogP contribution is 2.33. The number of nitrogens with zero attached hydrogens (tertiary/aromatic N) is 1. The van der Waals surface area contributed by atoms with Gasteiger partial charge in [-0.3, -0.25) is 4.79 Å². The van der Waals surface area contributed by atoms with E-state index in [0.717, 1.165) is 45.3 Å². The van der Waals surface area contributed by atoms with Gasteiger partial charge in [0.05, 0.1) is 15.6 Å². The lowest BCUT2D eigenvalue weighted by atomic mass is 9.97. The van der Waals surface area contributed by atoms with E-state index in [0.29, 0.717) is 27.6 Å². The highest BCUT2D eigenvalue weighted by molar-refractivity contribution is 6.39. The molecule has 0 aromatic heterocycles. The quantitative estimate of drug-likeness (QED) is 0.916. The Labute approximate surface area is 135 Å². The number of amides is 1. The Balaban J connectivity index is 1.78. The van der Waals surface area contributed by atoms with E-state index in [1.807, 2.05) is 4.90 Å². The fraction of sp³-hybridized carbons (Fsp3) is 0.562. The number of hydrogen-bond acceptors (Lipinski definition) is 2. The molecule has 1 N–H and O–H groups in total. The van der Waals surface area contributed by atoms with Gasteiger partial charge in [-0.1, -0.05) is 29.3 Å². The molecular formula is C16H20Cl2N2O. The van der Waals surface area contributed by atoms with Gasteiger partial charge in [-0.15, -0.1) is 0 Å². The number of carbonyl (C=O) groups is 1. The molecule has 1 saturated carbocycles. The Bertz CT molecular complexity index is 505. The molecule has 1 heterocycles. The Morgan fingerprint density at radius 3 is 2.33 bits per heavy atom. The normalized spacial score (nSPS) is 19.5. The van der Waals surface area contributed by atoms with E-state index in [1.165, 1.54) is 0 Å². The molecule has 1 saturated heterocycles. The van der Waals surface area contributed by atoms with Crippen molar-refractivity contribution in [1.82, 2.24) is 10.2 Å². The van der Waals surface area contributed by atoms with Crippen LogP contribution >= 0.6 is 23.2 Å². The maximum absolute atomic E-state index is 12.9. The first-order valence-corrected chi connectivity index (χ1v) is 8.38. The second kappa shape index (κ2) is 6.55. The second-order valence-electron chi connectivity index (χ2n) is 5.98. The maximum Gasteiger partial charge on any atom is 0.257 e. The number of nitrogens with one attached hydrogen (secondary N) is 1. The number of halogens is 2. The fourth-order valence-electron chi connectivity index (χ4n) is 2.97. The number of hydrogen-bond donors (Lipinski definition) is 1. The zero-order chi connectivity index (χ0) is 14.8. The number of piperidine rings is 1. The van der Waals surface area contributed by atoms with E-state index in [2.05, 4.69) is 5.32 Å². The van der Waals surface area contributed by atoms with Crippen LogP contribution in [0.2, 0.25) is 10.0 Å². The molecule has 0 unspecified atom stereocenters. The third-order valence-electron chi connectivity index (χ3n) is 4.34. The van der Waals surface area contributed by atoms with Crippen molar-refractivity contribution in [3.63, 3.8) is 0 Å². The van der Waals surface area contributed by atoms with Crippen molar-refractivity contribution in [2.75, 3.05) is 19.6 Å². The summed E-state index contributed by atoms with van der Waals surface area (Å²) in [6.07, 6.45) is 4.46. The number of rotatable bonds is 4. The van der Waals surface area contributed by atoms with Gasteiger partial charge in [-0.05, 0) is 56.8 Å². The lowest BCUT2D eigenvalue weighted by Crippen LogP contribution is -2.40. The molecule has 0 atom stereocenters. The van der Waals surface area contributed by atoms with Crippen molar-refractivity contribution in [2.45, 2.75) is 31.7 Å². The first-order chi connectivity index (χ1) is 10.2. The monoisotopic (exact) mass is 326 g/mol. The van der Waals surface area contributed by atoms with Gasteiger partial charge in [-0.25, -0.2) is 0 Å². The van der Waals surface area contributed by atoms with E-state index < -0.39 is 0 Å². The number of benzene rings is 1. The van der Waals surface area contributed by atoms with Crippen molar-refractivity contribution in [3.8, 4) is 0 Å². The van der Waals surface area contributed by atoms with Crippen LogP contribution in [0.25, 0.3) is 0 Å². The van der Waals surface area contributed by atoms with E-state index in [9.17, 15) is 4.79 Å². The van der Waals surface area contributed by atoms with Crippen LogP contribution in [0.15, 0.2) is 18.2 Å². The van der Waals surface area contributed by atoms with Crippen LogP contribution in [0.4, 0.5) is 0 Å². The summed E-state index contributed by atoms with van der Waals surface area (Å²) in [5.74, 6) is 0.573. The van der Waals surface area contributed by atoms with E-state index in [-0.39, 0.29) is 5.91 Å². The molecule has 1 aromatic rings. The highest BCUT2D eigenvalue weighted by atomic mass is 35.5. The van der Waals surface area contributed by atoms with Gasteiger partial charge < -0.3 is 10.2 Å². The van der Waals surface area contributed by atoms with Gasteiger partial charge in [0.25, 0.3) is 5.91 Å². The van der Waals surface area contributed by atoms with Crippen LogP contribution in [0.3, 0.4) is 0 Å². The smallest absolute Gasteiger partial charge is 0.257 e. The maximum atomic E-state index is 12.9. The Hall–Kier alpha value is -0.770. The van der Waals surface area contributed by atoms with Crippen molar-refractivity contribution >= 4 is 29.1 Å². The van der Waals surface area contributed by atoms with Crippen LogP contribution in [0, 0.1) is 5.92 Å². The third kappa shape index (κ3) is 3.53. The van der Waals surface area contributed by atoms with Crippen LogP contribution in [0.5, 0.6) is 0 Å². The summed E-state index contributed by atoms with van der Waals surface area (Å²) < 4.78 is 0. The van der Waals surface area contributed by atoms with Crippen LogP contribution < -0.4 is 5.32 Å². The molecule has 5 heteroatoms. The summed E-state index contributed by atoms with van der Waals surface area (Å²) in [6, 6.07) is 5.61. The molecule has 0 bridgehead atoms. The summed E-state index contributed by atoms with van der Waals surface area (Å²) in [5.41, 5.74) is 0.460. The lowest BCUT2D eigenvalue weighted by Gasteiger charge is -2.30. The molecular weight excluding hydrogens is 307 g/mol. The Morgan fingerprint density at radius 2 is 1.76 bits per heavy atom. The molecule has 2 aliphatic rings. The lowest BCUT2D eigenvalue weighted by molar-refractivity contribution is 0.0702. The zero-order valence-corrected chi connectivity index (χ0v) is 13.5. The van der Waals surface area contributed by atoms with Crippen molar-refractivity contribution in [2.24, 2.45) is 5.92 Å². The van der Waals surface area contributed by atoms with Gasteiger partial charge >= 0.3 is 0 Å². The molecule has 1 aliphatic heterocycles. The molecule has 3 rings (SSSR count). The Kier molecular flexibility index (Phi) is 4.72. The SMILES string of the molecule is O=C(c1c(Cl)cccc1Cl)N(CC1CCNCC1)C1CC1. The largest absolute Gasteiger partial charge is 0.335 e. The van der Waals surface area contributed by atoms with Crippen LogP contribution in [-0.2, 0) is 0 Å². The summed E-state index contributed by atoms with van der Waals surface area (Å²) in [5, 5.41) is 4.26. The molecule has 2 fully saturated rings. The van der Waals surface area contributed by atoms with Crippen molar-refractivity contribution in [3.05, 3.63) is 33.8 Å². The van der Waals surface area contributed by atoms with E-state index in [1.54, 1.807) is 18.2 Å². The fourth-order valence-corrected chi connectivity index (χ4v) is 3.53. The van der Waals surface area contributed by atoms with Crippen LogP contribution in [0.1, 0.15) is 36.0 Å². The first-order valence-electron chi connectivity index (χ1n) is 7.62. The van der Waals surface area contributed by atoms with Gasteiger partial charge in [0.1, 0.15) is 0 Å². The van der Waals surface area contributed by atoms with Gasteiger partial charge in [0, 0.05) is 12.6 Å². The molecule has 114 valence electrons. The molecule has 0 radical (unpaired) electrons. The van der Waals surface area contributed by atoms with Gasteiger partial charge in [0.15, 0.2) is 0 Å². The molecule has 1 aromatic carbocycles. The minimum absolute atomic E-state index is 0.00775. The minimum atomic E-state index is -0.00775. The Morgan fingerprint density at radius 1 is 1.14 bits per heavy atom. The number of carbonyl (C=O) groups excluding carboxylic acids is 1. The summed E-state index contributed by atoms with van der Waals surface area (Å²) in [4.78, 5) is 14.9. The predicted molar refractivity (Wildman–Crippen MR) is 86.1 cm³/mol. The van der Waals surface area contributed by atoms with E-state index >= 15 is 0 Å². The first kappa shape index (κ1) is 15.1. The molecule has 1 aliphatic carbocycles. The average Bonchev–Trinajstić information content (AvgIpc) is 3.30. The van der Waals surface area contributed by atoms with E-state index in [4.69, 9.17) is 23.2 Å². The molecule has 21 heavy (non-hydrogen) atoms. The zero-order valence-electron chi connectivity index (χ0n) is 11.9. The van der Waals surface area contributed by atoms with Crippen molar-refractivity contribution < 1.29 is 4.79 Å². The summed E-state index contributed by atoms with van der Waals surface area (Å²) >= 11 is 12.4. The average molecular weight is 327 g/mol. The predicted octanol–water partition coefficient (Wildman–Crippen LogP) is 3.60. The minimum Gasteiger partial charge on any atom is -0.335 e. The van der Waals surface area contributed by atoms with Crippen LogP contribution in [-0.4, -0.2) is 36.5 Å². The summed E-state index contributed by atoms with van der Waals surface area (Å²) in [7, 11) is 0. The van der Waals surface area contributed by atoms with Crippen molar-refractivity contribution in [1.29, 1.82) is 0 Å². The third-order valence-corrected chi connectivity index (χ3v) is 4.97. The molecule has 3 nitrogen and oxygen atoms in total. The molecule has 1 amide bonds. The van der Waals surface area contributed by atoms with Gasteiger partial charge in [0.2, 0.25) is 0 Å². The second-order valence-corrected chi connectivity index (χ2v) is 6.79. The molecule has 0 spiro atoms. The summed E-state index contributed by atoms with van der Waals surface area (Å²) in [6.45, 7) is 2.92.